The number of hydrogen-bond donors (Lipinski definition) is 1. The van der Waals surface area contributed by atoms with Crippen LogP contribution in [0.4, 0.5) is 0 Å². The van der Waals surface area contributed by atoms with E-state index >= 15 is 0 Å². The van der Waals surface area contributed by atoms with Crippen LogP contribution in [0.25, 0.3) is 0 Å². The van der Waals surface area contributed by atoms with Gasteiger partial charge < -0.3 is 20.0 Å². The zero-order chi connectivity index (χ0) is 21.5. The molecule has 1 amide bonds. The van der Waals surface area contributed by atoms with E-state index in [2.05, 4.69) is 29.9 Å². The third-order valence-electron chi connectivity index (χ3n) is 7.86. The fraction of sp³-hybridized carbons (Fsp3) is 0.917. The van der Waals surface area contributed by atoms with Crippen molar-refractivity contribution in [3.63, 3.8) is 0 Å². The molecule has 1 N–H and O–H groups in total. The summed E-state index contributed by atoms with van der Waals surface area (Å²) in [6, 6.07) is 0. The number of piperidine rings is 1. The average Bonchev–Trinajstić information content (AvgIpc) is 3.50. The number of nitrogens with zero attached hydrogens (tertiary/aromatic N) is 5. The second-order valence-electron chi connectivity index (χ2n) is 10.1. The van der Waals surface area contributed by atoms with Gasteiger partial charge in [-0.2, -0.15) is 0 Å². The molecule has 1 atom stereocenters. The fourth-order valence-electron chi connectivity index (χ4n) is 5.96. The van der Waals surface area contributed by atoms with Crippen LogP contribution in [0.3, 0.4) is 0 Å². The number of piperazine rings is 1. The molecular formula is C24H44N6O. The van der Waals surface area contributed by atoms with Gasteiger partial charge >= 0.3 is 0 Å². The van der Waals surface area contributed by atoms with Crippen LogP contribution in [0.2, 0.25) is 0 Å². The van der Waals surface area contributed by atoms with E-state index in [1.165, 1.54) is 58.2 Å². The smallest absolute Gasteiger partial charge is 0.225 e. The molecule has 3 aliphatic heterocycles. The molecule has 0 bridgehead atoms. The molecule has 0 aromatic rings. The number of carbonyl (C=O) groups excluding carboxylic acids is 1. The van der Waals surface area contributed by atoms with Crippen LogP contribution in [0, 0.1) is 11.8 Å². The maximum Gasteiger partial charge on any atom is 0.225 e. The van der Waals surface area contributed by atoms with E-state index in [9.17, 15) is 4.79 Å². The van der Waals surface area contributed by atoms with E-state index in [-0.39, 0.29) is 0 Å². The molecule has 3 heterocycles. The Morgan fingerprint density at radius 1 is 0.839 bits per heavy atom. The molecular weight excluding hydrogens is 388 g/mol. The highest BCUT2D eigenvalue weighted by Crippen LogP contribution is 2.27. The summed E-state index contributed by atoms with van der Waals surface area (Å²) in [6.07, 6.45) is 10.1. The summed E-state index contributed by atoms with van der Waals surface area (Å²) < 4.78 is 0. The molecule has 7 heteroatoms. The van der Waals surface area contributed by atoms with E-state index in [1.54, 1.807) is 0 Å². The third-order valence-corrected chi connectivity index (χ3v) is 7.86. The van der Waals surface area contributed by atoms with Crippen LogP contribution < -0.4 is 5.32 Å². The predicted molar refractivity (Wildman–Crippen MR) is 126 cm³/mol. The Morgan fingerprint density at radius 2 is 1.58 bits per heavy atom. The zero-order valence-electron chi connectivity index (χ0n) is 19.7. The van der Waals surface area contributed by atoms with Crippen LogP contribution in [-0.2, 0) is 4.79 Å². The molecule has 0 aromatic heterocycles. The lowest BCUT2D eigenvalue weighted by Crippen LogP contribution is -2.52. The molecule has 4 rings (SSSR count). The van der Waals surface area contributed by atoms with Crippen LogP contribution in [-0.4, -0.2) is 111 Å². The van der Waals surface area contributed by atoms with Crippen LogP contribution in [0.15, 0.2) is 4.99 Å². The van der Waals surface area contributed by atoms with Gasteiger partial charge in [-0.25, -0.2) is 0 Å². The monoisotopic (exact) mass is 432 g/mol. The summed E-state index contributed by atoms with van der Waals surface area (Å²) in [6.45, 7) is 11.9. The van der Waals surface area contributed by atoms with E-state index in [0.29, 0.717) is 11.8 Å². The number of hydrogen-bond acceptors (Lipinski definition) is 4. The lowest BCUT2D eigenvalue weighted by Gasteiger charge is -2.36. The first kappa shape index (κ1) is 22.8. The van der Waals surface area contributed by atoms with Gasteiger partial charge in [0.25, 0.3) is 0 Å². The maximum absolute atomic E-state index is 12.6. The van der Waals surface area contributed by atoms with Crippen molar-refractivity contribution in [1.29, 1.82) is 0 Å². The Balaban J connectivity index is 1.12. The van der Waals surface area contributed by atoms with E-state index in [4.69, 9.17) is 0 Å². The molecule has 1 saturated carbocycles. The van der Waals surface area contributed by atoms with Crippen molar-refractivity contribution in [3.05, 3.63) is 0 Å². The SMILES string of the molecule is CN=C(NCCN1CCN(C(=O)C2CCCC2)CC1)N1CCC(CN2CCCCC2)C1. The highest BCUT2D eigenvalue weighted by molar-refractivity contribution is 5.80. The van der Waals surface area contributed by atoms with Crippen molar-refractivity contribution in [2.45, 2.75) is 51.4 Å². The number of nitrogens with one attached hydrogen (secondary N) is 1. The van der Waals surface area contributed by atoms with Gasteiger partial charge in [0, 0.05) is 71.9 Å². The van der Waals surface area contributed by atoms with Gasteiger partial charge in [0.15, 0.2) is 5.96 Å². The van der Waals surface area contributed by atoms with Crippen molar-refractivity contribution in [1.82, 2.24) is 24.9 Å². The van der Waals surface area contributed by atoms with Gasteiger partial charge in [0.1, 0.15) is 0 Å². The van der Waals surface area contributed by atoms with Gasteiger partial charge in [-0.3, -0.25) is 14.7 Å². The lowest BCUT2D eigenvalue weighted by atomic mass is 10.1. The second-order valence-corrected chi connectivity index (χ2v) is 10.1. The Bertz CT molecular complexity index is 591. The number of likely N-dealkylation sites (tertiary alicyclic amines) is 2. The molecule has 7 nitrogen and oxygen atoms in total. The number of carbonyl (C=O) groups is 1. The van der Waals surface area contributed by atoms with Crippen molar-refractivity contribution < 1.29 is 4.79 Å². The van der Waals surface area contributed by atoms with Gasteiger partial charge in [-0.15, -0.1) is 0 Å². The zero-order valence-corrected chi connectivity index (χ0v) is 19.7. The average molecular weight is 433 g/mol. The van der Waals surface area contributed by atoms with Gasteiger partial charge in [0.2, 0.25) is 5.91 Å². The highest BCUT2D eigenvalue weighted by atomic mass is 16.2. The number of amides is 1. The first-order valence-corrected chi connectivity index (χ1v) is 12.9. The molecule has 31 heavy (non-hydrogen) atoms. The Kier molecular flexibility index (Phi) is 8.48. The summed E-state index contributed by atoms with van der Waals surface area (Å²) in [5.41, 5.74) is 0. The number of guanidine groups is 1. The molecule has 4 fully saturated rings. The normalized spacial score (nSPS) is 27.3. The second kappa shape index (κ2) is 11.5. The summed E-state index contributed by atoms with van der Waals surface area (Å²) >= 11 is 0. The summed E-state index contributed by atoms with van der Waals surface area (Å²) in [7, 11) is 1.91. The van der Waals surface area contributed by atoms with Gasteiger partial charge in [-0.05, 0) is 51.1 Å². The van der Waals surface area contributed by atoms with E-state index < -0.39 is 0 Å². The van der Waals surface area contributed by atoms with Gasteiger partial charge in [0.05, 0.1) is 0 Å². The maximum atomic E-state index is 12.6. The first-order chi connectivity index (χ1) is 15.2. The lowest BCUT2D eigenvalue weighted by molar-refractivity contribution is -0.137. The van der Waals surface area contributed by atoms with Crippen molar-refractivity contribution in [2.75, 3.05) is 79.0 Å². The van der Waals surface area contributed by atoms with Crippen LogP contribution in [0.1, 0.15) is 51.4 Å². The van der Waals surface area contributed by atoms with E-state index in [1.807, 2.05) is 7.05 Å². The minimum Gasteiger partial charge on any atom is -0.355 e. The van der Waals surface area contributed by atoms with E-state index in [0.717, 1.165) is 77.1 Å². The molecule has 3 saturated heterocycles. The van der Waals surface area contributed by atoms with Crippen molar-refractivity contribution in [2.24, 2.45) is 16.8 Å². The Labute approximate surface area is 189 Å². The fourth-order valence-corrected chi connectivity index (χ4v) is 5.96. The quantitative estimate of drug-likeness (QED) is 0.512. The number of rotatable bonds is 6. The van der Waals surface area contributed by atoms with Gasteiger partial charge in [-0.1, -0.05) is 19.3 Å². The van der Waals surface area contributed by atoms with Crippen LogP contribution in [0.5, 0.6) is 0 Å². The third kappa shape index (κ3) is 6.35. The summed E-state index contributed by atoms with van der Waals surface area (Å²) in [4.78, 5) is 26.9. The summed E-state index contributed by atoms with van der Waals surface area (Å²) in [5, 5.41) is 3.60. The molecule has 1 aliphatic carbocycles. The summed E-state index contributed by atoms with van der Waals surface area (Å²) in [5.74, 6) is 2.58. The predicted octanol–water partition coefficient (Wildman–Crippen LogP) is 1.70. The molecule has 4 aliphatic rings. The van der Waals surface area contributed by atoms with Crippen LogP contribution >= 0.6 is 0 Å². The molecule has 176 valence electrons. The first-order valence-electron chi connectivity index (χ1n) is 12.9. The Hall–Kier alpha value is -1.34. The minimum atomic E-state index is 0.316. The largest absolute Gasteiger partial charge is 0.355 e. The molecule has 0 spiro atoms. The molecule has 0 radical (unpaired) electrons. The molecule has 0 aromatic carbocycles. The Morgan fingerprint density at radius 3 is 2.29 bits per heavy atom. The minimum absolute atomic E-state index is 0.316. The molecule has 1 unspecified atom stereocenters. The topological polar surface area (TPSA) is 54.4 Å². The highest BCUT2D eigenvalue weighted by Gasteiger charge is 2.30. The standard InChI is InChI=1S/C24H44N6O/c1-25-24(30-13-9-21(20-30)19-28-11-5-2-6-12-28)26-10-14-27-15-17-29(18-16-27)23(31)22-7-3-4-8-22/h21-22H,2-20H2,1H3,(H,25,26). The van der Waals surface area contributed by atoms with Crippen molar-refractivity contribution in [3.8, 4) is 0 Å². The van der Waals surface area contributed by atoms with Crippen molar-refractivity contribution >= 4 is 11.9 Å². The number of aliphatic imine (C=N–C) groups is 1.